The van der Waals surface area contributed by atoms with Gasteiger partial charge in [0.05, 0.1) is 4.88 Å². The number of amides is 1. The van der Waals surface area contributed by atoms with Gasteiger partial charge < -0.3 is 15.2 Å². The number of rotatable bonds is 8. The van der Waals surface area contributed by atoms with Crippen molar-refractivity contribution in [2.45, 2.75) is 31.1 Å². The summed E-state index contributed by atoms with van der Waals surface area (Å²) in [6, 6.07) is 17.4. The molecule has 6 nitrogen and oxygen atoms in total. The van der Waals surface area contributed by atoms with E-state index < -0.39 is 11.3 Å². The number of carbonyl (C=O) groups is 1. The minimum Gasteiger partial charge on any atom is -0.442 e. The maximum Gasteiger partial charge on any atom is 0.284 e. The zero-order chi connectivity index (χ0) is 21.9. The molecule has 1 amide bonds. The first kappa shape index (κ1) is 21.7. The van der Waals surface area contributed by atoms with Gasteiger partial charge in [0.25, 0.3) is 11.8 Å². The lowest BCUT2D eigenvalue weighted by molar-refractivity contribution is -0.174. The van der Waals surface area contributed by atoms with E-state index >= 15 is 0 Å². The molecule has 1 aromatic carbocycles. The normalized spacial score (nSPS) is 20.2. The van der Waals surface area contributed by atoms with Gasteiger partial charge in [-0.2, -0.15) is 5.01 Å². The minimum atomic E-state index is -1.20. The van der Waals surface area contributed by atoms with Crippen LogP contribution in [0.1, 0.15) is 35.1 Å². The van der Waals surface area contributed by atoms with Crippen LogP contribution in [0.2, 0.25) is 0 Å². The van der Waals surface area contributed by atoms with Crippen molar-refractivity contribution in [2.75, 3.05) is 13.7 Å². The molecule has 0 saturated heterocycles. The second-order valence-corrected chi connectivity index (χ2v) is 9.25. The molecule has 1 aliphatic rings. The van der Waals surface area contributed by atoms with Gasteiger partial charge in [-0.05, 0) is 42.8 Å². The molecule has 2 atom stereocenters. The molecule has 2 aromatic heterocycles. The molecule has 0 radical (unpaired) electrons. The lowest BCUT2D eigenvalue weighted by Gasteiger charge is -2.39. The average Bonchev–Trinajstić information content (AvgIpc) is 3.58. The third kappa shape index (κ3) is 3.80. The molecule has 0 fully saturated rings. The van der Waals surface area contributed by atoms with Gasteiger partial charge in [0, 0.05) is 24.0 Å². The van der Waals surface area contributed by atoms with Gasteiger partial charge in [0.15, 0.2) is 5.60 Å². The van der Waals surface area contributed by atoms with Crippen molar-refractivity contribution >= 4 is 34.5 Å². The Balaban J connectivity index is 1.86. The van der Waals surface area contributed by atoms with Crippen LogP contribution >= 0.6 is 22.7 Å². The van der Waals surface area contributed by atoms with E-state index in [1.807, 2.05) is 65.4 Å². The Labute approximate surface area is 189 Å². The van der Waals surface area contributed by atoms with Crippen molar-refractivity contribution in [2.24, 2.45) is 10.8 Å². The summed E-state index contributed by atoms with van der Waals surface area (Å²) < 4.78 is 12.3. The molecule has 0 saturated carbocycles. The smallest absolute Gasteiger partial charge is 0.284 e. The standard InChI is InChI=1S/C23H25N3O3S2/c1-22(28-2,19-12-7-16-31-19)21(27)26-23(13-8-14-24,17-9-4-3-5-10-17)29-20(25-26)18-11-6-15-30-18/h3-7,9-12,15-16H,8,13-14,24H2,1-2H3/t22-,23?/m1/s1. The average molecular weight is 456 g/mol. The van der Waals surface area contributed by atoms with Crippen molar-refractivity contribution in [3.8, 4) is 0 Å². The van der Waals surface area contributed by atoms with E-state index in [0.717, 1.165) is 15.3 Å². The van der Waals surface area contributed by atoms with Crippen LogP contribution in [0.5, 0.6) is 0 Å². The van der Waals surface area contributed by atoms with Gasteiger partial charge in [-0.15, -0.1) is 27.8 Å². The van der Waals surface area contributed by atoms with Crippen molar-refractivity contribution in [3.05, 3.63) is 80.7 Å². The van der Waals surface area contributed by atoms with Crippen LogP contribution in [0.4, 0.5) is 0 Å². The lowest BCUT2D eigenvalue weighted by atomic mass is 9.94. The number of carbonyl (C=O) groups excluding carboxylic acids is 1. The highest BCUT2D eigenvalue weighted by Crippen LogP contribution is 2.44. The summed E-state index contributed by atoms with van der Waals surface area (Å²) >= 11 is 2.99. The molecule has 4 rings (SSSR count). The highest BCUT2D eigenvalue weighted by molar-refractivity contribution is 7.12. The third-order valence-electron chi connectivity index (χ3n) is 5.48. The van der Waals surface area contributed by atoms with E-state index in [0.29, 0.717) is 25.3 Å². The maximum absolute atomic E-state index is 14.1. The van der Waals surface area contributed by atoms with Gasteiger partial charge in [0.1, 0.15) is 0 Å². The van der Waals surface area contributed by atoms with Gasteiger partial charge in [-0.1, -0.05) is 42.5 Å². The largest absolute Gasteiger partial charge is 0.442 e. The minimum absolute atomic E-state index is 0.287. The van der Waals surface area contributed by atoms with E-state index in [4.69, 9.17) is 20.3 Å². The Kier molecular flexibility index (Phi) is 6.24. The predicted octanol–water partition coefficient (Wildman–Crippen LogP) is 4.48. The Hall–Kier alpha value is -2.52. The van der Waals surface area contributed by atoms with Crippen molar-refractivity contribution < 1.29 is 14.3 Å². The number of ether oxygens (including phenoxy) is 2. The van der Waals surface area contributed by atoms with Crippen molar-refractivity contribution in [3.63, 3.8) is 0 Å². The number of methoxy groups -OCH3 is 1. The summed E-state index contributed by atoms with van der Waals surface area (Å²) in [4.78, 5) is 15.7. The number of nitrogens with zero attached hydrogens (tertiary/aromatic N) is 2. The molecule has 0 aliphatic carbocycles. The first-order chi connectivity index (χ1) is 15.0. The molecule has 162 valence electrons. The Morgan fingerprint density at radius 1 is 1.16 bits per heavy atom. The van der Waals surface area contributed by atoms with E-state index in [2.05, 4.69) is 0 Å². The number of thiophene rings is 2. The van der Waals surface area contributed by atoms with Crippen LogP contribution in [0, 0.1) is 0 Å². The third-order valence-corrected chi connectivity index (χ3v) is 7.41. The summed E-state index contributed by atoms with van der Waals surface area (Å²) in [5.74, 6) is 0.138. The molecule has 31 heavy (non-hydrogen) atoms. The first-order valence-corrected chi connectivity index (χ1v) is 11.8. The first-order valence-electron chi connectivity index (χ1n) is 10.1. The molecule has 1 unspecified atom stereocenters. The molecule has 8 heteroatoms. The Morgan fingerprint density at radius 3 is 2.52 bits per heavy atom. The van der Waals surface area contributed by atoms with Crippen LogP contribution < -0.4 is 5.73 Å². The second-order valence-electron chi connectivity index (χ2n) is 7.36. The quantitative estimate of drug-likeness (QED) is 0.543. The highest BCUT2D eigenvalue weighted by Gasteiger charge is 2.54. The fourth-order valence-corrected chi connectivity index (χ4v) is 5.17. The molecule has 3 aromatic rings. The Morgan fingerprint density at radius 2 is 1.90 bits per heavy atom. The fraction of sp³-hybridized carbons (Fsp3) is 0.304. The molecular weight excluding hydrogens is 430 g/mol. The number of hydrogen-bond donors (Lipinski definition) is 1. The zero-order valence-corrected chi connectivity index (χ0v) is 19.1. The Bertz CT molecular complexity index is 1040. The van der Waals surface area contributed by atoms with E-state index in [1.165, 1.54) is 27.7 Å². The molecule has 3 heterocycles. The molecule has 1 aliphatic heterocycles. The topological polar surface area (TPSA) is 77.1 Å². The molecule has 0 spiro atoms. The molecular formula is C23H25N3O3S2. The van der Waals surface area contributed by atoms with Gasteiger partial charge >= 0.3 is 0 Å². The van der Waals surface area contributed by atoms with Crippen molar-refractivity contribution in [1.29, 1.82) is 0 Å². The predicted molar refractivity (Wildman–Crippen MR) is 124 cm³/mol. The van der Waals surface area contributed by atoms with Gasteiger partial charge in [0.2, 0.25) is 5.72 Å². The van der Waals surface area contributed by atoms with Crippen LogP contribution in [0.3, 0.4) is 0 Å². The van der Waals surface area contributed by atoms with Crippen LogP contribution in [0.15, 0.2) is 70.5 Å². The fourth-order valence-electron chi connectivity index (χ4n) is 3.67. The number of hydrazone groups is 1. The molecule has 0 bridgehead atoms. The summed E-state index contributed by atoms with van der Waals surface area (Å²) in [6.45, 7) is 2.25. The molecule has 2 N–H and O–H groups in total. The summed E-state index contributed by atoms with van der Waals surface area (Å²) in [5.41, 5.74) is 4.41. The summed E-state index contributed by atoms with van der Waals surface area (Å²) in [6.07, 6.45) is 1.16. The summed E-state index contributed by atoms with van der Waals surface area (Å²) in [5, 5.41) is 10.1. The van der Waals surface area contributed by atoms with Crippen molar-refractivity contribution in [1.82, 2.24) is 5.01 Å². The van der Waals surface area contributed by atoms with E-state index in [-0.39, 0.29) is 5.91 Å². The van der Waals surface area contributed by atoms with Crippen LogP contribution in [-0.2, 0) is 25.6 Å². The highest BCUT2D eigenvalue weighted by atomic mass is 32.1. The second kappa shape index (κ2) is 8.92. The summed E-state index contributed by atoms with van der Waals surface area (Å²) in [7, 11) is 1.54. The van der Waals surface area contributed by atoms with E-state index in [9.17, 15) is 4.79 Å². The number of benzene rings is 1. The van der Waals surface area contributed by atoms with Gasteiger partial charge in [-0.3, -0.25) is 4.79 Å². The number of nitrogens with two attached hydrogens (primary N) is 1. The van der Waals surface area contributed by atoms with E-state index in [1.54, 1.807) is 14.0 Å². The van der Waals surface area contributed by atoms with Crippen LogP contribution in [-0.4, -0.2) is 30.5 Å². The maximum atomic E-state index is 14.1. The number of hydrogen-bond acceptors (Lipinski definition) is 7. The van der Waals surface area contributed by atoms with Crippen LogP contribution in [0.25, 0.3) is 0 Å². The zero-order valence-electron chi connectivity index (χ0n) is 17.5. The SMILES string of the molecule is CO[C@@](C)(C(=O)N1N=C(c2cccs2)OC1(CCCN)c1ccccc1)c1cccs1. The monoisotopic (exact) mass is 455 g/mol. The van der Waals surface area contributed by atoms with Gasteiger partial charge in [-0.25, -0.2) is 0 Å². The lowest BCUT2D eigenvalue weighted by Crippen LogP contribution is -2.52.